The summed E-state index contributed by atoms with van der Waals surface area (Å²) in [5, 5.41) is 12.6. The molecule has 0 saturated carbocycles. The largest absolute Gasteiger partial charge is 0.394 e. The first kappa shape index (κ1) is 14.1. The van der Waals surface area contributed by atoms with Gasteiger partial charge >= 0.3 is 0 Å². The molecule has 1 aromatic rings. The topological polar surface area (TPSA) is 65.5 Å². The number of hydrogen-bond acceptors (Lipinski definition) is 4. The van der Waals surface area contributed by atoms with Crippen molar-refractivity contribution in [3.63, 3.8) is 0 Å². The van der Waals surface area contributed by atoms with Crippen LogP contribution in [-0.2, 0) is 0 Å². The average Bonchev–Trinajstić information content (AvgIpc) is 2.47. The molecule has 1 saturated heterocycles. The van der Waals surface area contributed by atoms with Gasteiger partial charge in [-0.15, -0.1) is 0 Å². The monoisotopic (exact) mass is 283 g/mol. The van der Waals surface area contributed by atoms with Gasteiger partial charge in [-0.2, -0.15) is 0 Å². The Labute approximate surface area is 117 Å². The van der Waals surface area contributed by atoms with Gasteiger partial charge < -0.3 is 15.3 Å². The van der Waals surface area contributed by atoms with Crippen LogP contribution in [0.25, 0.3) is 0 Å². The van der Waals surface area contributed by atoms with Crippen molar-refractivity contribution in [2.75, 3.05) is 25.5 Å². The zero-order valence-corrected chi connectivity index (χ0v) is 11.7. The van der Waals surface area contributed by atoms with E-state index in [4.69, 9.17) is 11.6 Å². The number of halogens is 1. The van der Waals surface area contributed by atoms with Crippen LogP contribution in [0, 0.1) is 0 Å². The van der Waals surface area contributed by atoms with Crippen LogP contribution in [0.4, 0.5) is 5.82 Å². The number of aliphatic hydroxyl groups is 1. The molecular weight excluding hydrogens is 266 g/mol. The van der Waals surface area contributed by atoms with Gasteiger partial charge in [0.1, 0.15) is 5.82 Å². The summed E-state index contributed by atoms with van der Waals surface area (Å²) < 4.78 is 0. The molecule has 6 heteroatoms. The van der Waals surface area contributed by atoms with Crippen molar-refractivity contribution in [2.45, 2.75) is 25.3 Å². The lowest BCUT2D eigenvalue weighted by atomic mass is 10.0. The molecule has 1 unspecified atom stereocenters. The number of rotatable bonds is 3. The van der Waals surface area contributed by atoms with Crippen molar-refractivity contribution in [3.05, 3.63) is 22.8 Å². The second kappa shape index (κ2) is 6.21. The number of anilines is 1. The van der Waals surface area contributed by atoms with E-state index in [1.165, 1.54) is 6.20 Å². The van der Waals surface area contributed by atoms with Gasteiger partial charge in [0.25, 0.3) is 5.91 Å². The molecule has 0 radical (unpaired) electrons. The number of piperidine rings is 1. The standard InChI is InChI=1S/C13H18ClN3O2/c1-15-12-6-10(11(14)7-16-12)13(19)17-5-3-2-4-9(17)8-18/h6-7,9,18H,2-5,8H2,1H3,(H,15,16). The fourth-order valence-corrected chi connectivity index (χ4v) is 2.54. The maximum Gasteiger partial charge on any atom is 0.255 e. The minimum atomic E-state index is -0.136. The van der Waals surface area contributed by atoms with Crippen molar-refractivity contribution in [1.29, 1.82) is 0 Å². The number of nitrogens with zero attached hydrogens (tertiary/aromatic N) is 2. The van der Waals surface area contributed by atoms with Crippen LogP contribution in [0.3, 0.4) is 0 Å². The molecule has 1 aromatic heterocycles. The van der Waals surface area contributed by atoms with E-state index in [0.29, 0.717) is 22.9 Å². The van der Waals surface area contributed by atoms with Gasteiger partial charge in [0.05, 0.1) is 23.2 Å². The van der Waals surface area contributed by atoms with Crippen LogP contribution in [0.2, 0.25) is 5.02 Å². The molecule has 5 nitrogen and oxygen atoms in total. The number of aliphatic hydroxyl groups excluding tert-OH is 1. The molecule has 2 N–H and O–H groups in total. The van der Waals surface area contributed by atoms with E-state index >= 15 is 0 Å². The third-order valence-corrected chi connectivity index (χ3v) is 3.74. The highest BCUT2D eigenvalue weighted by Gasteiger charge is 2.28. The van der Waals surface area contributed by atoms with E-state index in [2.05, 4.69) is 10.3 Å². The summed E-state index contributed by atoms with van der Waals surface area (Å²) in [6.07, 6.45) is 4.31. The summed E-state index contributed by atoms with van der Waals surface area (Å²) in [6.45, 7) is 0.658. The van der Waals surface area contributed by atoms with E-state index in [0.717, 1.165) is 19.3 Å². The number of hydrogen-bond donors (Lipinski definition) is 2. The Morgan fingerprint density at radius 2 is 2.42 bits per heavy atom. The summed E-state index contributed by atoms with van der Waals surface area (Å²) in [5.74, 6) is 0.466. The fourth-order valence-electron chi connectivity index (χ4n) is 2.35. The molecule has 0 aliphatic carbocycles. The first-order valence-electron chi connectivity index (χ1n) is 6.42. The van der Waals surface area contributed by atoms with E-state index in [9.17, 15) is 9.90 Å². The van der Waals surface area contributed by atoms with Gasteiger partial charge in [0.2, 0.25) is 0 Å². The van der Waals surface area contributed by atoms with E-state index in [1.807, 2.05) is 0 Å². The lowest BCUT2D eigenvalue weighted by Crippen LogP contribution is -2.45. The van der Waals surface area contributed by atoms with Crippen molar-refractivity contribution in [1.82, 2.24) is 9.88 Å². The van der Waals surface area contributed by atoms with Gasteiger partial charge in [0, 0.05) is 19.8 Å². The van der Waals surface area contributed by atoms with Crippen molar-refractivity contribution in [2.24, 2.45) is 0 Å². The van der Waals surface area contributed by atoms with E-state index < -0.39 is 0 Å². The second-order valence-corrected chi connectivity index (χ2v) is 5.04. The van der Waals surface area contributed by atoms with E-state index in [-0.39, 0.29) is 18.6 Å². The van der Waals surface area contributed by atoms with Crippen LogP contribution in [0.1, 0.15) is 29.6 Å². The third kappa shape index (κ3) is 2.98. The maximum absolute atomic E-state index is 12.5. The molecule has 0 spiro atoms. The third-order valence-electron chi connectivity index (χ3n) is 3.44. The molecule has 104 valence electrons. The quantitative estimate of drug-likeness (QED) is 0.887. The summed E-state index contributed by atoms with van der Waals surface area (Å²) in [4.78, 5) is 18.3. The summed E-state index contributed by atoms with van der Waals surface area (Å²) in [6, 6.07) is 1.54. The second-order valence-electron chi connectivity index (χ2n) is 4.63. The summed E-state index contributed by atoms with van der Waals surface area (Å²) in [7, 11) is 1.74. The number of nitrogens with one attached hydrogen (secondary N) is 1. The maximum atomic E-state index is 12.5. The Hall–Kier alpha value is -1.33. The van der Waals surface area contributed by atoms with Crippen molar-refractivity contribution >= 4 is 23.3 Å². The molecule has 1 aliphatic rings. The minimum absolute atomic E-state index is 0.00662. The highest BCUT2D eigenvalue weighted by atomic mass is 35.5. The van der Waals surface area contributed by atoms with Crippen molar-refractivity contribution in [3.8, 4) is 0 Å². The first-order valence-corrected chi connectivity index (χ1v) is 6.80. The van der Waals surface area contributed by atoms with Crippen LogP contribution in [0.15, 0.2) is 12.3 Å². The fraction of sp³-hybridized carbons (Fsp3) is 0.538. The van der Waals surface area contributed by atoms with Crippen molar-refractivity contribution < 1.29 is 9.90 Å². The Morgan fingerprint density at radius 1 is 1.63 bits per heavy atom. The first-order chi connectivity index (χ1) is 9.17. The van der Waals surface area contributed by atoms with Gasteiger partial charge in [0.15, 0.2) is 0 Å². The van der Waals surface area contributed by atoms with Gasteiger partial charge in [-0.25, -0.2) is 4.98 Å². The lowest BCUT2D eigenvalue weighted by molar-refractivity contribution is 0.0503. The van der Waals surface area contributed by atoms with Crippen LogP contribution in [0.5, 0.6) is 0 Å². The number of pyridine rings is 1. The molecule has 19 heavy (non-hydrogen) atoms. The highest BCUT2D eigenvalue weighted by molar-refractivity contribution is 6.33. The molecular formula is C13H18ClN3O2. The minimum Gasteiger partial charge on any atom is -0.394 e. The number of aromatic nitrogens is 1. The zero-order chi connectivity index (χ0) is 13.8. The number of likely N-dealkylation sites (tertiary alicyclic amines) is 1. The summed E-state index contributed by atoms with van der Waals surface area (Å²) in [5.41, 5.74) is 0.432. The Morgan fingerprint density at radius 3 is 3.11 bits per heavy atom. The Kier molecular flexibility index (Phi) is 4.61. The molecule has 1 atom stereocenters. The Balaban J connectivity index is 2.27. The van der Waals surface area contributed by atoms with Gasteiger partial charge in [-0.1, -0.05) is 11.6 Å². The molecule has 0 aromatic carbocycles. The normalized spacial score (nSPS) is 19.3. The zero-order valence-electron chi connectivity index (χ0n) is 10.9. The number of carbonyl (C=O) groups excluding carboxylic acids is 1. The number of amides is 1. The molecule has 0 bridgehead atoms. The molecule has 1 fully saturated rings. The number of carbonyl (C=O) groups is 1. The predicted octanol–water partition coefficient (Wildman–Crippen LogP) is 1.76. The summed E-state index contributed by atoms with van der Waals surface area (Å²) >= 11 is 6.06. The van der Waals surface area contributed by atoms with Crippen LogP contribution in [-0.4, -0.2) is 47.1 Å². The molecule has 2 heterocycles. The highest BCUT2D eigenvalue weighted by Crippen LogP contribution is 2.24. The van der Waals surface area contributed by atoms with Crippen LogP contribution >= 0.6 is 11.6 Å². The molecule has 1 amide bonds. The molecule has 2 rings (SSSR count). The van der Waals surface area contributed by atoms with Gasteiger partial charge in [-0.3, -0.25) is 4.79 Å². The van der Waals surface area contributed by atoms with E-state index in [1.54, 1.807) is 18.0 Å². The van der Waals surface area contributed by atoms with Gasteiger partial charge in [-0.05, 0) is 25.3 Å². The smallest absolute Gasteiger partial charge is 0.255 e. The Bertz CT molecular complexity index is 467. The van der Waals surface area contributed by atoms with Crippen LogP contribution < -0.4 is 5.32 Å². The lowest BCUT2D eigenvalue weighted by Gasteiger charge is -2.34. The predicted molar refractivity (Wildman–Crippen MR) is 74.6 cm³/mol. The molecule has 1 aliphatic heterocycles. The SMILES string of the molecule is CNc1cc(C(=O)N2CCCCC2CO)c(Cl)cn1. The average molecular weight is 284 g/mol.